The summed E-state index contributed by atoms with van der Waals surface area (Å²) in [6.45, 7) is 1.64. The standard InChI is InChI=1S/C29H28F7NO4S/c1-17-12-25(13-17)14-18(15-25)24(38)37-10-9-26(42(39,40)20-5-3-2-4-6-20)21-8-7-19(11-22(21)41-16-23(26)37)27(30,28(31,32)33)29(34,35)36/h2-8,11,17-18,23H,9-10,12-16H2,1H3. The van der Waals surface area contributed by atoms with Crippen molar-refractivity contribution >= 4 is 15.7 Å². The number of hydrogen-bond donors (Lipinski definition) is 0. The minimum Gasteiger partial charge on any atom is -0.491 e. The van der Waals surface area contributed by atoms with Crippen LogP contribution in [0, 0.1) is 17.3 Å². The lowest BCUT2D eigenvalue weighted by Crippen LogP contribution is -2.58. The second-order valence-corrected chi connectivity index (χ2v) is 14.5. The molecule has 3 fully saturated rings. The number of nitrogens with zero attached hydrogens (tertiary/aromatic N) is 1. The molecule has 1 spiro atoms. The Morgan fingerprint density at radius 1 is 0.929 bits per heavy atom. The van der Waals surface area contributed by atoms with E-state index < -0.39 is 56.6 Å². The molecule has 1 saturated heterocycles. The Hall–Kier alpha value is -2.83. The molecule has 2 aromatic rings. The molecule has 2 unspecified atom stereocenters. The quantitative estimate of drug-likeness (QED) is 0.369. The molecule has 2 aliphatic heterocycles. The van der Waals surface area contributed by atoms with Gasteiger partial charge in [-0.2, -0.15) is 26.3 Å². The molecule has 2 atom stereocenters. The molecule has 2 aliphatic carbocycles. The summed E-state index contributed by atoms with van der Waals surface area (Å²) in [4.78, 5) is 15.0. The van der Waals surface area contributed by atoms with Gasteiger partial charge in [-0.1, -0.05) is 37.3 Å². The van der Waals surface area contributed by atoms with Gasteiger partial charge in [0.05, 0.1) is 10.9 Å². The Bertz CT molecular complexity index is 1500. The van der Waals surface area contributed by atoms with Crippen LogP contribution in [0.5, 0.6) is 5.75 Å². The van der Waals surface area contributed by atoms with E-state index in [1.807, 2.05) is 0 Å². The van der Waals surface area contributed by atoms with Crippen LogP contribution in [-0.2, 0) is 25.0 Å². The van der Waals surface area contributed by atoms with E-state index >= 15 is 0 Å². The molecular formula is C29H28F7NO4S. The van der Waals surface area contributed by atoms with E-state index in [0.29, 0.717) is 24.8 Å². The van der Waals surface area contributed by atoms with Gasteiger partial charge < -0.3 is 9.64 Å². The first-order valence-corrected chi connectivity index (χ1v) is 15.2. The van der Waals surface area contributed by atoms with E-state index in [1.54, 1.807) is 6.07 Å². The van der Waals surface area contributed by atoms with Crippen molar-refractivity contribution in [3.05, 3.63) is 59.7 Å². The molecule has 2 aromatic carbocycles. The first-order chi connectivity index (χ1) is 19.5. The summed E-state index contributed by atoms with van der Waals surface area (Å²) in [6.07, 6.45) is -9.43. The average molecular weight is 620 g/mol. The fourth-order valence-electron chi connectivity index (χ4n) is 7.94. The molecular weight excluding hydrogens is 591 g/mol. The number of amides is 1. The summed E-state index contributed by atoms with van der Waals surface area (Å²) in [5.74, 6) is -0.556. The molecule has 13 heteroatoms. The summed E-state index contributed by atoms with van der Waals surface area (Å²) in [5.41, 5.74) is -7.55. The highest BCUT2D eigenvalue weighted by Gasteiger charge is 2.74. The lowest BCUT2D eigenvalue weighted by Gasteiger charge is -2.57. The molecule has 2 heterocycles. The van der Waals surface area contributed by atoms with E-state index in [9.17, 15) is 43.9 Å². The number of halogens is 7. The summed E-state index contributed by atoms with van der Waals surface area (Å²) in [6, 6.07) is 7.50. The van der Waals surface area contributed by atoms with Gasteiger partial charge in [0.1, 0.15) is 17.1 Å². The number of hydrogen-bond acceptors (Lipinski definition) is 4. The van der Waals surface area contributed by atoms with E-state index in [1.165, 1.54) is 29.2 Å². The van der Waals surface area contributed by atoms with Crippen molar-refractivity contribution in [1.82, 2.24) is 4.90 Å². The number of fused-ring (bicyclic) bond motifs is 3. The SMILES string of the molecule is CC1CC2(C1)CC(C(=O)N1CCC3(S(=O)(=O)c4ccccc4)c4ccc(C(F)(C(F)(F)F)C(F)(F)F)cc4OCC13)C2. The maximum Gasteiger partial charge on any atom is 0.435 e. The summed E-state index contributed by atoms with van der Waals surface area (Å²) >= 11 is 0. The summed E-state index contributed by atoms with van der Waals surface area (Å²) in [5, 5.41) is 0. The van der Waals surface area contributed by atoms with Gasteiger partial charge in [-0.15, -0.1) is 0 Å². The van der Waals surface area contributed by atoms with Crippen molar-refractivity contribution in [2.75, 3.05) is 13.2 Å². The van der Waals surface area contributed by atoms with Crippen LogP contribution in [0.4, 0.5) is 30.7 Å². The molecule has 0 bridgehead atoms. The van der Waals surface area contributed by atoms with Crippen LogP contribution in [0.3, 0.4) is 0 Å². The Balaban J connectivity index is 1.44. The minimum atomic E-state index is -6.35. The monoisotopic (exact) mass is 619 g/mol. The normalized spacial score (nSPS) is 31.0. The zero-order chi connectivity index (χ0) is 30.5. The predicted octanol–water partition coefficient (Wildman–Crippen LogP) is 6.46. The van der Waals surface area contributed by atoms with Crippen LogP contribution >= 0.6 is 0 Å². The maximum absolute atomic E-state index is 14.9. The van der Waals surface area contributed by atoms with Gasteiger partial charge in [0.15, 0.2) is 9.84 Å². The van der Waals surface area contributed by atoms with Crippen LogP contribution in [-0.4, -0.2) is 50.8 Å². The lowest BCUT2D eigenvalue weighted by atomic mass is 9.48. The van der Waals surface area contributed by atoms with Crippen molar-refractivity contribution in [3.8, 4) is 5.75 Å². The van der Waals surface area contributed by atoms with Crippen molar-refractivity contribution < 1.29 is 48.7 Å². The highest BCUT2D eigenvalue weighted by atomic mass is 32.2. The predicted molar refractivity (Wildman–Crippen MR) is 136 cm³/mol. The van der Waals surface area contributed by atoms with Crippen LogP contribution < -0.4 is 4.74 Å². The van der Waals surface area contributed by atoms with Gasteiger partial charge in [-0.3, -0.25) is 4.79 Å². The minimum absolute atomic E-state index is 0.00182. The van der Waals surface area contributed by atoms with Gasteiger partial charge in [-0.25, -0.2) is 12.8 Å². The van der Waals surface area contributed by atoms with Gasteiger partial charge in [0.25, 0.3) is 0 Å². The molecule has 42 heavy (non-hydrogen) atoms. The molecule has 4 aliphatic rings. The Morgan fingerprint density at radius 2 is 1.55 bits per heavy atom. The van der Waals surface area contributed by atoms with Gasteiger partial charge in [-0.05, 0) is 61.6 Å². The summed E-state index contributed by atoms with van der Waals surface area (Å²) < 4.78 is 128. The second kappa shape index (κ2) is 9.09. The number of benzene rings is 2. The van der Waals surface area contributed by atoms with Crippen LogP contribution in [0.1, 0.15) is 50.2 Å². The Labute approximate surface area is 237 Å². The zero-order valence-corrected chi connectivity index (χ0v) is 23.3. The number of carbonyl (C=O) groups excluding carboxylic acids is 1. The van der Waals surface area contributed by atoms with Gasteiger partial charge in [0.2, 0.25) is 5.91 Å². The topological polar surface area (TPSA) is 63.7 Å². The molecule has 0 aromatic heterocycles. The highest BCUT2D eigenvalue weighted by Crippen LogP contribution is 2.62. The third kappa shape index (κ3) is 3.86. The molecule has 0 radical (unpaired) electrons. The molecule has 2 saturated carbocycles. The van der Waals surface area contributed by atoms with Gasteiger partial charge in [0, 0.05) is 23.6 Å². The maximum atomic E-state index is 14.9. The molecule has 0 N–H and O–H groups in total. The zero-order valence-electron chi connectivity index (χ0n) is 22.4. The molecule has 228 valence electrons. The molecule has 1 amide bonds. The first-order valence-electron chi connectivity index (χ1n) is 13.7. The average Bonchev–Trinajstić information content (AvgIpc) is 3.29. The van der Waals surface area contributed by atoms with E-state index in [0.717, 1.165) is 18.9 Å². The van der Waals surface area contributed by atoms with Gasteiger partial charge >= 0.3 is 18.0 Å². The van der Waals surface area contributed by atoms with E-state index in [4.69, 9.17) is 4.74 Å². The Kier molecular flexibility index (Phi) is 6.33. The molecule has 6 rings (SSSR count). The fourth-order valence-corrected chi connectivity index (χ4v) is 10.2. The third-order valence-corrected chi connectivity index (χ3v) is 12.3. The smallest absolute Gasteiger partial charge is 0.435 e. The number of sulfone groups is 1. The van der Waals surface area contributed by atoms with Crippen molar-refractivity contribution in [2.24, 2.45) is 17.3 Å². The number of carbonyl (C=O) groups is 1. The van der Waals surface area contributed by atoms with Crippen molar-refractivity contribution in [3.63, 3.8) is 0 Å². The largest absolute Gasteiger partial charge is 0.491 e. The van der Waals surface area contributed by atoms with Crippen molar-refractivity contribution in [1.29, 1.82) is 0 Å². The van der Waals surface area contributed by atoms with E-state index in [-0.39, 0.29) is 46.7 Å². The summed E-state index contributed by atoms with van der Waals surface area (Å²) in [7, 11) is -4.40. The highest BCUT2D eigenvalue weighted by molar-refractivity contribution is 7.92. The molecule has 5 nitrogen and oxygen atoms in total. The van der Waals surface area contributed by atoms with E-state index in [2.05, 4.69) is 6.92 Å². The number of ether oxygens (including phenoxy) is 1. The Morgan fingerprint density at radius 3 is 2.12 bits per heavy atom. The second-order valence-electron chi connectivity index (χ2n) is 12.3. The van der Waals surface area contributed by atoms with Crippen LogP contribution in [0.15, 0.2) is 53.4 Å². The number of likely N-dealkylation sites (tertiary alicyclic amines) is 1. The number of alkyl halides is 7. The third-order valence-electron chi connectivity index (χ3n) is 9.74. The first kappa shape index (κ1) is 29.3. The fraction of sp³-hybridized carbons (Fsp3) is 0.552. The lowest BCUT2D eigenvalue weighted by molar-refractivity contribution is -0.348. The van der Waals surface area contributed by atoms with Crippen LogP contribution in [0.2, 0.25) is 0 Å². The van der Waals surface area contributed by atoms with Crippen molar-refractivity contribution in [2.45, 2.75) is 72.7 Å². The van der Waals surface area contributed by atoms with Crippen LogP contribution in [0.25, 0.3) is 0 Å². The number of rotatable bonds is 4.